The molecule has 2 saturated heterocycles. The zero-order valence-electron chi connectivity index (χ0n) is 20.8. The number of halogens is 1. The lowest BCUT2D eigenvalue weighted by atomic mass is 9.82. The maximum absolute atomic E-state index is 14.3. The molecule has 2 fully saturated rings. The number of Topliss-reactive ketones (excluding diaryl/α,β-unsaturated/α-hetero) is 1. The van der Waals surface area contributed by atoms with Gasteiger partial charge >= 0.3 is 0 Å². The SMILES string of the molecule is CCCN1C(=O)[C@@]2(C(=C(O)c3ccc(Cl)cc3)C(=O)C(=O)N2CCCN2CCOCC2)c2ccccc21. The van der Waals surface area contributed by atoms with Gasteiger partial charge in [0.25, 0.3) is 17.6 Å². The number of aliphatic hydroxyl groups excluding tert-OH is 1. The summed E-state index contributed by atoms with van der Waals surface area (Å²) >= 11 is 6.04. The Kier molecular flexibility index (Phi) is 7.07. The molecule has 1 atom stereocenters. The monoisotopic (exact) mass is 523 g/mol. The second-order valence-electron chi connectivity index (χ2n) is 9.51. The van der Waals surface area contributed by atoms with Gasteiger partial charge in [0.1, 0.15) is 5.76 Å². The van der Waals surface area contributed by atoms with Crippen molar-refractivity contribution in [1.29, 1.82) is 0 Å². The van der Waals surface area contributed by atoms with Crippen LogP contribution in [0.4, 0.5) is 5.69 Å². The fraction of sp³-hybridized carbons (Fsp3) is 0.393. The van der Waals surface area contributed by atoms with Crippen molar-refractivity contribution in [2.45, 2.75) is 25.3 Å². The molecule has 1 spiro atoms. The molecule has 0 aromatic heterocycles. The summed E-state index contributed by atoms with van der Waals surface area (Å²) in [5.74, 6) is -2.41. The minimum Gasteiger partial charge on any atom is -0.507 e. The topological polar surface area (TPSA) is 90.4 Å². The molecule has 2 aromatic carbocycles. The van der Waals surface area contributed by atoms with Crippen LogP contribution in [0.1, 0.15) is 30.9 Å². The van der Waals surface area contributed by atoms with E-state index in [0.717, 1.165) is 13.1 Å². The number of nitrogens with zero attached hydrogens (tertiary/aromatic N) is 3. The Balaban J connectivity index is 1.64. The molecule has 9 heteroatoms. The van der Waals surface area contributed by atoms with Crippen molar-refractivity contribution >= 4 is 40.6 Å². The summed E-state index contributed by atoms with van der Waals surface area (Å²) in [5, 5.41) is 11.9. The molecule has 0 aliphatic carbocycles. The number of morpholine rings is 1. The number of carbonyl (C=O) groups is 3. The third-order valence-corrected chi connectivity index (χ3v) is 7.59. The number of hydrogen-bond donors (Lipinski definition) is 1. The minimum absolute atomic E-state index is 0.192. The molecule has 2 amide bonds. The van der Waals surface area contributed by atoms with Crippen LogP contribution >= 0.6 is 11.6 Å². The van der Waals surface area contributed by atoms with Crippen molar-refractivity contribution in [2.75, 3.05) is 50.8 Å². The van der Waals surface area contributed by atoms with Crippen LogP contribution in [0.2, 0.25) is 5.02 Å². The summed E-state index contributed by atoms with van der Waals surface area (Å²) in [5.41, 5.74) is -0.420. The van der Waals surface area contributed by atoms with Crippen LogP contribution in [0.15, 0.2) is 54.1 Å². The first-order valence-electron chi connectivity index (χ1n) is 12.7. The van der Waals surface area contributed by atoms with Crippen LogP contribution in [0.3, 0.4) is 0 Å². The van der Waals surface area contributed by atoms with Gasteiger partial charge in [-0.1, -0.05) is 36.7 Å². The molecule has 3 aliphatic heterocycles. The number of likely N-dealkylation sites (tertiary alicyclic amines) is 1. The van der Waals surface area contributed by atoms with E-state index in [-0.39, 0.29) is 17.9 Å². The predicted octanol–water partition coefficient (Wildman–Crippen LogP) is 3.39. The lowest BCUT2D eigenvalue weighted by Crippen LogP contribution is -2.52. The number of ketones is 1. The van der Waals surface area contributed by atoms with Gasteiger partial charge < -0.3 is 19.6 Å². The van der Waals surface area contributed by atoms with Crippen LogP contribution in [-0.2, 0) is 24.7 Å². The Morgan fingerprint density at radius 1 is 1.00 bits per heavy atom. The van der Waals surface area contributed by atoms with Crippen molar-refractivity contribution < 1.29 is 24.2 Å². The number of amides is 2. The second-order valence-corrected chi connectivity index (χ2v) is 9.94. The summed E-state index contributed by atoms with van der Waals surface area (Å²) in [6.45, 7) is 6.20. The van der Waals surface area contributed by atoms with Gasteiger partial charge in [-0.15, -0.1) is 0 Å². The van der Waals surface area contributed by atoms with Gasteiger partial charge in [-0.3, -0.25) is 19.3 Å². The Bertz CT molecular complexity index is 1250. The second kappa shape index (κ2) is 10.3. The van der Waals surface area contributed by atoms with E-state index in [1.807, 2.05) is 19.1 Å². The fourth-order valence-corrected chi connectivity index (χ4v) is 5.77. The van der Waals surface area contributed by atoms with Crippen LogP contribution < -0.4 is 4.90 Å². The Morgan fingerprint density at radius 2 is 1.70 bits per heavy atom. The van der Waals surface area contributed by atoms with Crippen LogP contribution in [-0.4, -0.2) is 78.4 Å². The molecule has 3 heterocycles. The first kappa shape index (κ1) is 25.4. The third-order valence-electron chi connectivity index (χ3n) is 7.33. The maximum atomic E-state index is 14.3. The van der Waals surface area contributed by atoms with Crippen LogP contribution in [0.25, 0.3) is 5.76 Å². The van der Waals surface area contributed by atoms with E-state index in [4.69, 9.17) is 16.3 Å². The normalized spacial score (nSPS) is 23.4. The zero-order chi connectivity index (χ0) is 26.2. The smallest absolute Gasteiger partial charge is 0.296 e. The summed E-state index contributed by atoms with van der Waals surface area (Å²) in [4.78, 5) is 46.8. The van der Waals surface area contributed by atoms with Gasteiger partial charge in [0.05, 0.1) is 24.5 Å². The van der Waals surface area contributed by atoms with Gasteiger partial charge in [0.15, 0.2) is 5.54 Å². The summed E-state index contributed by atoms with van der Waals surface area (Å²) in [6.07, 6.45) is 1.26. The molecule has 0 bridgehead atoms. The summed E-state index contributed by atoms with van der Waals surface area (Å²) in [7, 11) is 0. The van der Waals surface area contributed by atoms with Crippen LogP contribution in [0, 0.1) is 0 Å². The highest BCUT2D eigenvalue weighted by molar-refractivity contribution is 6.50. The summed E-state index contributed by atoms with van der Waals surface area (Å²) < 4.78 is 5.42. The number of anilines is 1. The van der Waals surface area contributed by atoms with Crippen LogP contribution in [0.5, 0.6) is 0 Å². The fourth-order valence-electron chi connectivity index (χ4n) is 5.64. The van der Waals surface area contributed by atoms with Crippen molar-refractivity contribution in [3.8, 4) is 0 Å². The molecular weight excluding hydrogens is 494 g/mol. The van der Waals surface area contributed by atoms with E-state index >= 15 is 0 Å². The lowest BCUT2D eigenvalue weighted by Gasteiger charge is -2.35. The quantitative estimate of drug-likeness (QED) is 0.340. The highest BCUT2D eigenvalue weighted by atomic mass is 35.5. The minimum atomic E-state index is -1.73. The molecule has 194 valence electrons. The molecule has 0 unspecified atom stereocenters. The van der Waals surface area contributed by atoms with Crippen molar-refractivity contribution in [2.24, 2.45) is 0 Å². The van der Waals surface area contributed by atoms with Crippen molar-refractivity contribution in [3.05, 3.63) is 70.3 Å². The Morgan fingerprint density at radius 3 is 2.41 bits per heavy atom. The number of carbonyl (C=O) groups excluding carboxylic acids is 3. The van der Waals surface area contributed by atoms with E-state index < -0.39 is 23.1 Å². The van der Waals surface area contributed by atoms with Gasteiger partial charge in [-0.05, 0) is 43.2 Å². The Hall–Kier alpha value is -3.20. The van der Waals surface area contributed by atoms with Crippen molar-refractivity contribution in [1.82, 2.24) is 9.80 Å². The van der Waals surface area contributed by atoms with Gasteiger partial charge in [0, 0.05) is 48.9 Å². The highest BCUT2D eigenvalue weighted by Gasteiger charge is 2.66. The average Bonchev–Trinajstić information content (AvgIpc) is 3.28. The molecular formula is C28H30ClN3O5. The lowest BCUT2D eigenvalue weighted by molar-refractivity contribution is -0.143. The van der Waals surface area contributed by atoms with E-state index in [1.54, 1.807) is 41.3 Å². The van der Waals surface area contributed by atoms with Gasteiger partial charge in [0.2, 0.25) is 0 Å². The molecule has 2 aromatic rings. The predicted molar refractivity (Wildman–Crippen MR) is 140 cm³/mol. The molecule has 8 nitrogen and oxygen atoms in total. The number of ether oxygens (including phenoxy) is 1. The van der Waals surface area contributed by atoms with E-state index in [1.165, 1.54) is 4.90 Å². The average molecular weight is 524 g/mol. The van der Waals surface area contributed by atoms with E-state index in [2.05, 4.69) is 4.90 Å². The molecule has 3 aliphatic rings. The molecule has 0 saturated carbocycles. The largest absolute Gasteiger partial charge is 0.507 e. The maximum Gasteiger partial charge on any atom is 0.296 e. The standard InChI is InChI=1S/C28H30ClN3O5/c1-2-12-31-22-7-4-3-6-21(22)28(27(31)36)23(24(33)19-8-10-20(29)11-9-19)25(34)26(35)32(28)14-5-13-30-15-17-37-18-16-30/h3-4,6-11,33H,2,5,12-18H2,1H3/t28-/m0/s1. The van der Waals surface area contributed by atoms with E-state index in [9.17, 15) is 19.5 Å². The number of hydrogen-bond acceptors (Lipinski definition) is 6. The molecule has 1 N–H and O–H groups in total. The van der Waals surface area contributed by atoms with Crippen molar-refractivity contribution in [3.63, 3.8) is 0 Å². The number of fused-ring (bicyclic) bond motifs is 2. The Labute approximate surface area is 221 Å². The van der Waals surface area contributed by atoms with Gasteiger partial charge in [-0.2, -0.15) is 0 Å². The molecule has 0 radical (unpaired) electrons. The summed E-state index contributed by atoms with van der Waals surface area (Å²) in [6, 6.07) is 13.6. The first-order valence-corrected chi connectivity index (χ1v) is 13.1. The highest BCUT2D eigenvalue weighted by Crippen LogP contribution is 2.53. The molecule has 37 heavy (non-hydrogen) atoms. The van der Waals surface area contributed by atoms with Gasteiger partial charge in [-0.25, -0.2) is 0 Å². The van der Waals surface area contributed by atoms with E-state index in [0.29, 0.717) is 61.0 Å². The zero-order valence-corrected chi connectivity index (χ0v) is 21.5. The number of aliphatic hydroxyl groups is 1. The number of para-hydroxylation sites is 1. The number of rotatable bonds is 7. The molecule has 5 rings (SSSR count). The number of benzene rings is 2. The first-order chi connectivity index (χ1) is 17.9. The third kappa shape index (κ3) is 4.13.